The highest BCUT2D eigenvalue weighted by atomic mass is 31.2. The number of nitrogens with zero attached hydrogens (tertiary/aromatic N) is 1. The molecule has 1 unspecified atom stereocenters. The molecule has 64 heavy (non-hydrogen) atoms. The predicted octanol–water partition coefficient (Wildman–Crippen LogP) is 10.4. The molecule has 0 amide bonds. The number of esters is 2. The maximum Gasteiger partial charge on any atom is 0.306 e. The van der Waals surface area contributed by atoms with Crippen LogP contribution in [0.5, 0.6) is 0 Å². The van der Waals surface area contributed by atoms with Gasteiger partial charge in [0.05, 0.1) is 40.0 Å². The summed E-state index contributed by atoms with van der Waals surface area (Å²) in [6.45, 7) is 3.77. The van der Waals surface area contributed by atoms with Crippen LogP contribution in [0.4, 0.5) is 0 Å². The van der Waals surface area contributed by atoms with Gasteiger partial charge in [-0.15, -0.1) is 0 Å². The molecule has 1 aliphatic rings. The Kier molecular flexibility index (Phi) is 34.7. The fourth-order valence-electron chi connectivity index (χ4n) is 7.17. The summed E-state index contributed by atoms with van der Waals surface area (Å²) in [5, 5.41) is 20.8. The average molecular weight is 922 g/mol. The van der Waals surface area contributed by atoms with Gasteiger partial charge in [0.25, 0.3) is 7.82 Å². The van der Waals surface area contributed by atoms with Crippen molar-refractivity contribution in [2.45, 2.75) is 186 Å². The molecule has 0 radical (unpaired) electrons. The first-order chi connectivity index (χ1) is 30.7. The largest absolute Gasteiger partial charge is 0.756 e. The number of quaternary nitrogens is 1. The first-order valence-electron chi connectivity index (χ1n) is 24.6. The fraction of sp³-hybridized carbons (Fsp3) is 0.745. The third kappa shape index (κ3) is 33.7. The summed E-state index contributed by atoms with van der Waals surface area (Å²) in [6, 6.07) is 0. The molecule has 2 N–H and O–H groups in total. The highest BCUT2D eigenvalue weighted by molar-refractivity contribution is 7.45. The zero-order valence-electron chi connectivity index (χ0n) is 40.4. The molecule has 1 rings (SSSR count). The summed E-state index contributed by atoms with van der Waals surface area (Å²) in [5.41, 5.74) is 0. The van der Waals surface area contributed by atoms with Crippen molar-refractivity contribution in [1.82, 2.24) is 0 Å². The lowest BCUT2D eigenvalue weighted by Gasteiger charge is -2.28. The van der Waals surface area contributed by atoms with E-state index < -0.39 is 44.7 Å². The van der Waals surface area contributed by atoms with Crippen molar-refractivity contribution in [3.8, 4) is 0 Å². The number of rotatable bonds is 40. The molecule has 1 fully saturated rings. The lowest BCUT2D eigenvalue weighted by molar-refractivity contribution is -0.870. The number of ether oxygens (including phenoxy) is 2. The highest BCUT2D eigenvalue weighted by Gasteiger charge is 2.39. The molecule has 0 aromatic carbocycles. The number of phosphoric acid groups is 1. The summed E-state index contributed by atoms with van der Waals surface area (Å²) in [4.78, 5) is 50.5. The number of aliphatic hydroxyl groups is 2. The molecule has 13 heteroatoms. The Hall–Kier alpha value is -2.70. The summed E-state index contributed by atoms with van der Waals surface area (Å²) in [5.74, 6) is -1.80. The number of allylic oxidation sites excluding steroid dienone is 8. The van der Waals surface area contributed by atoms with Gasteiger partial charge in [-0.2, -0.15) is 0 Å². The molecule has 0 aromatic heterocycles. The van der Waals surface area contributed by atoms with Gasteiger partial charge in [0, 0.05) is 31.1 Å². The van der Waals surface area contributed by atoms with Crippen LogP contribution >= 0.6 is 7.82 Å². The predicted molar refractivity (Wildman–Crippen MR) is 255 cm³/mol. The van der Waals surface area contributed by atoms with E-state index >= 15 is 0 Å². The number of carbonyl (C=O) groups excluding carboxylic acids is 3. The number of ketones is 1. The highest BCUT2D eigenvalue weighted by Crippen LogP contribution is 2.38. The van der Waals surface area contributed by atoms with Crippen LogP contribution in [0.1, 0.15) is 168 Å². The molecule has 0 aliphatic heterocycles. The number of unbranched alkanes of at least 4 members (excludes halogenated alkanes) is 13. The minimum absolute atomic E-state index is 0.0118. The van der Waals surface area contributed by atoms with Crippen LogP contribution in [0.2, 0.25) is 0 Å². The summed E-state index contributed by atoms with van der Waals surface area (Å²) < 4.78 is 33.9. The van der Waals surface area contributed by atoms with Crippen LogP contribution in [0.3, 0.4) is 0 Å². The number of hydrogen-bond donors (Lipinski definition) is 2. The zero-order chi connectivity index (χ0) is 47.3. The van der Waals surface area contributed by atoms with E-state index in [1.54, 1.807) is 12.2 Å². The fourth-order valence-corrected chi connectivity index (χ4v) is 7.90. The maximum absolute atomic E-state index is 12.8. The van der Waals surface area contributed by atoms with Crippen molar-refractivity contribution in [3.05, 3.63) is 60.8 Å². The van der Waals surface area contributed by atoms with Crippen LogP contribution in [-0.2, 0) is 37.5 Å². The van der Waals surface area contributed by atoms with Gasteiger partial charge in [-0.25, -0.2) is 0 Å². The second-order valence-corrected chi connectivity index (χ2v) is 19.7. The van der Waals surface area contributed by atoms with Gasteiger partial charge < -0.3 is 38.1 Å². The lowest BCUT2D eigenvalue weighted by Crippen LogP contribution is -2.37. The zero-order valence-corrected chi connectivity index (χ0v) is 41.3. The number of Topliss-reactive ketones (excluding diaryl/α,β-unsaturated/α-hetero) is 1. The van der Waals surface area contributed by atoms with Gasteiger partial charge in [-0.3, -0.25) is 18.9 Å². The topological polar surface area (TPSA) is 169 Å². The average Bonchev–Trinajstić information content (AvgIpc) is 3.51. The van der Waals surface area contributed by atoms with Crippen LogP contribution < -0.4 is 4.89 Å². The molecule has 1 aliphatic carbocycles. The second kappa shape index (κ2) is 37.4. The van der Waals surface area contributed by atoms with Gasteiger partial charge in [-0.1, -0.05) is 139 Å². The third-order valence-corrected chi connectivity index (χ3v) is 12.1. The van der Waals surface area contributed by atoms with Crippen LogP contribution in [0, 0.1) is 11.8 Å². The molecule has 0 bridgehead atoms. The SMILES string of the molecule is CCCCCC/C=C\C/C=C\C/C=C\CCCCCCCCC(=O)OC[C@H](COP(=O)([O-])OCC[N+](C)(C)C)OC(=O)CCC/C=C\C[C@H]1C(=O)C[C@@H](O)[C@@H]1/C=C/[C@@H](O)CCCCC. The normalized spacial score (nSPS) is 19.2. The quantitative estimate of drug-likeness (QED) is 0.0197. The van der Waals surface area contributed by atoms with E-state index in [9.17, 15) is 34.1 Å². The van der Waals surface area contributed by atoms with Crippen molar-refractivity contribution >= 4 is 25.5 Å². The van der Waals surface area contributed by atoms with Crippen LogP contribution in [0.25, 0.3) is 0 Å². The Morgan fingerprint density at radius 1 is 0.750 bits per heavy atom. The second-order valence-electron chi connectivity index (χ2n) is 18.2. The smallest absolute Gasteiger partial charge is 0.306 e. The van der Waals surface area contributed by atoms with E-state index in [1.807, 2.05) is 33.3 Å². The number of phosphoric ester groups is 1. The molecule has 368 valence electrons. The van der Waals surface area contributed by atoms with Gasteiger partial charge in [-0.05, 0) is 70.6 Å². The van der Waals surface area contributed by atoms with Gasteiger partial charge >= 0.3 is 11.9 Å². The Labute approximate surface area is 387 Å². The van der Waals surface area contributed by atoms with Gasteiger partial charge in [0.2, 0.25) is 0 Å². The van der Waals surface area contributed by atoms with Gasteiger partial charge in [0.1, 0.15) is 25.5 Å². The van der Waals surface area contributed by atoms with Crippen molar-refractivity contribution < 1.29 is 57.1 Å². The van der Waals surface area contributed by atoms with E-state index in [1.165, 1.54) is 32.1 Å². The summed E-state index contributed by atoms with van der Waals surface area (Å²) in [6.07, 6.45) is 38.9. The first kappa shape index (κ1) is 59.3. The van der Waals surface area contributed by atoms with Crippen LogP contribution in [0.15, 0.2) is 60.8 Å². The number of aliphatic hydroxyl groups excluding tert-OH is 2. The number of hydrogen-bond acceptors (Lipinski definition) is 11. The lowest BCUT2D eigenvalue weighted by atomic mass is 9.90. The molecule has 0 aromatic rings. The van der Waals surface area contributed by atoms with E-state index in [-0.39, 0.29) is 50.1 Å². The molecule has 1 saturated carbocycles. The maximum atomic E-state index is 12.8. The van der Waals surface area contributed by atoms with E-state index in [0.717, 1.165) is 70.6 Å². The van der Waals surface area contributed by atoms with Gasteiger partial charge in [0.15, 0.2) is 6.10 Å². The van der Waals surface area contributed by atoms with E-state index in [4.69, 9.17) is 18.5 Å². The minimum atomic E-state index is -4.71. The van der Waals surface area contributed by atoms with Crippen molar-refractivity contribution in [1.29, 1.82) is 0 Å². The Morgan fingerprint density at radius 2 is 1.31 bits per heavy atom. The number of likely N-dealkylation sites (N-methyl/N-ethyl adjacent to an activating group) is 1. The summed E-state index contributed by atoms with van der Waals surface area (Å²) in [7, 11) is 0.985. The summed E-state index contributed by atoms with van der Waals surface area (Å²) >= 11 is 0. The Bertz CT molecular complexity index is 1440. The first-order valence-corrected chi connectivity index (χ1v) is 26.1. The molecule has 0 spiro atoms. The van der Waals surface area contributed by atoms with Crippen molar-refractivity contribution in [2.75, 3.05) is 47.5 Å². The minimum Gasteiger partial charge on any atom is -0.756 e. The molecule has 0 saturated heterocycles. The molecular formula is C51H88NO11P. The standard InChI is InChI=1S/C51H88NO11P/c1-6-8-10-11-12-13-14-15-16-17-18-19-20-21-22-23-24-25-26-31-35-50(56)60-42-45(43-62-64(58,59)61-40-39-52(3,4)5)63-51(57)36-32-28-27-30-34-46-47(49(55)41-48(46)54)38-37-44(53)33-29-9-7-2/h13-14,16-17,19-20,27,30,37-38,44-47,49,53,55H,6-12,15,18,21-26,28-29,31-36,39-43H2,1-5H3/b14-13-,17-16-,20-19-,30-27-,38-37+/t44-,45+,46+,47+,49+/m0/s1. The third-order valence-electron chi connectivity index (χ3n) is 11.1. The van der Waals surface area contributed by atoms with Crippen molar-refractivity contribution in [2.24, 2.45) is 11.8 Å². The Balaban J connectivity index is 2.46. The Morgan fingerprint density at radius 3 is 1.97 bits per heavy atom. The van der Waals surface area contributed by atoms with E-state index in [0.29, 0.717) is 43.1 Å². The molecule has 0 heterocycles. The molecular weight excluding hydrogens is 834 g/mol. The van der Waals surface area contributed by atoms with Crippen LogP contribution in [-0.4, -0.2) is 98.2 Å². The van der Waals surface area contributed by atoms with E-state index in [2.05, 4.69) is 50.3 Å². The molecule has 6 atom stereocenters. The monoisotopic (exact) mass is 922 g/mol. The van der Waals surface area contributed by atoms with Crippen molar-refractivity contribution in [3.63, 3.8) is 0 Å². The number of carbonyl (C=O) groups is 3. The molecule has 12 nitrogen and oxygen atoms in total.